The summed E-state index contributed by atoms with van der Waals surface area (Å²) in [6, 6.07) is 5.87. The van der Waals surface area contributed by atoms with Crippen LogP contribution in [-0.4, -0.2) is 17.2 Å². The number of fused-ring (bicyclic) bond motifs is 1. The SMILES string of the molecule is Cc1c(B(O)O)sc2cccc(Br)c12. The molecule has 0 spiro atoms. The van der Waals surface area contributed by atoms with Crippen molar-refractivity contribution in [1.29, 1.82) is 0 Å². The second kappa shape index (κ2) is 3.66. The molecule has 0 radical (unpaired) electrons. The molecule has 0 aliphatic heterocycles. The van der Waals surface area contributed by atoms with E-state index in [1.807, 2.05) is 25.1 Å². The Bertz CT molecular complexity index is 481. The summed E-state index contributed by atoms with van der Waals surface area (Å²) in [5.41, 5.74) is 0.937. The quantitative estimate of drug-likeness (QED) is 0.774. The van der Waals surface area contributed by atoms with Crippen LogP contribution in [0, 0.1) is 6.92 Å². The summed E-state index contributed by atoms with van der Waals surface area (Å²) in [4.78, 5) is 0. The monoisotopic (exact) mass is 270 g/mol. The van der Waals surface area contributed by atoms with Gasteiger partial charge in [-0.25, -0.2) is 0 Å². The van der Waals surface area contributed by atoms with Gasteiger partial charge >= 0.3 is 7.12 Å². The van der Waals surface area contributed by atoms with Crippen LogP contribution in [0.2, 0.25) is 0 Å². The molecule has 2 rings (SSSR count). The second-order valence-electron chi connectivity index (χ2n) is 3.08. The zero-order valence-corrected chi connectivity index (χ0v) is 9.89. The van der Waals surface area contributed by atoms with Crippen LogP contribution in [0.15, 0.2) is 22.7 Å². The summed E-state index contributed by atoms with van der Waals surface area (Å²) in [6.45, 7) is 1.90. The van der Waals surface area contributed by atoms with Crippen molar-refractivity contribution in [2.75, 3.05) is 0 Å². The molecule has 14 heavy (non-hydrogen) atoms. The van der Waals surface area contributed by atoms with Crippen LogP contribution in [0.5, 0.6) is 0 Å². The number of rotatable bonds is 1. The number of halogens is 1. The van der Waals surface area contributed by atoms with Gasteiger partial charge in [-0.2, -0.15) is 0 Å². The Morgan fingerprint density at radius 1 is 1.36 bits per heavy atom. The van der Waals surface area contributed by atoms with Crippen LogP contribution >= 0.6 is 27.3 Å². The van der Waals surface area contributed by atoms with Gasteiger partial charge in [0, 0.05) is 19.3 Å². The standard InChI is InChI=1S/C9H8BBrO2S/c1-5-8-6(11)3-2-4-7(8)14-9(5)10(12)13/h2-4,12-13H,1H3. The van der Waals surface area contributed by atoms with Gasteiger partial charge in [-0.1, -0.05) is 22.0 Å². The van der Waals surface area contributed by atoms with Crippen molar-refractivity contribution in [3.8, 4) is 0 Å². The minimum atomic E-state index is -1.38. The average Bonchev–Trinajstić information content (AvgIpc) is 2.45. The number of thiophene rings is 1. The smallest absolute Gasteiger partial charge is 0.423 e. The van der Waals surface area contributed by atoms with Gasteiger partial charge in [0.2, 0.25) is 0 Å². The molecule has 0 fully saturated rings. The van der Waals surface area contributed by atoms with Crippen LogP contribution < -0.4 is 4.78 Å². The van der Waals surface area contributed by atoms with Crippen molar-refractivity contribution in [1.82, 2.24) is 0 Å². The van der Waals surface area contributed by atoms with Crippen LogP contribution in [0.1, 0.15) is 5.56 Å². The molecule has 0 saturated heterocycles. The molecular formula is C9H8BBrO2S. The summed E-state index contributed by atoms with van der Waals surface area (Å²) in [5, 5.41) is 19.4. The zero-order valence-electron chi connectivity index (χ0n) is 7.49. The Hall–Kier alpha value is -0.355. The first-order valence-corrected chi connectivity index (χ1v) is 5.76. The summed E-state index contributed by atoms with van der Waals surface area (Å²) < 4.78 is 2.68. The van der Waals surface area contributed by atoms with Crippen molar-refractivity contribution in [2.45, 2.75) is 6.92 Å². The van der Waals surface area contributed by atoms with Gasteiger partial charge < -0.3 is 10.0 Å². The fraction of sp³-hybridized carbons (Fsp3) is 0.111. The molecule has 1 aromatic carbocycles. The maximum atomic E-state index is 9.15. The van der Waals surface area contributed by atoms with Crippen LogP contribution in [0.3, 0.4) is 0 Å². The molecule has 2 nitrogen and oxygen atoms in total. The molecule has 5 heteroatoms. The first kappa shape index (κ1) is 10.2. The van der Waals surface area contributed by atoms with E-state index in [-0.39, 0.29) is 0 Å². The van der Waals surface area contributed by atoms with Crippen molar-refractivity contribution < 1.29 is 10.0 Å². The van der Waals surface area contributed by atoms with Crippen molar-refractivity contribution >= 4 is 49.2 Å². The lowest BCUT2D eigenvalue weighted by molar-refractivity contribution is 0.426. The zero-order chi connectivity index (χ0) is 10.3. The fourth-order valence-corrected chi connectivity index (χ4v) is 3.42. The number of hydrogen-bond donors (Lipinski definition) is 2. The lowest BCUT2D eigenvalue weighted by Crippen LogP contribution is -2.28. The van der Waals surface area contributed by atoms with E-state index in [2.05, 4.69) is 15.9 Å². The Labute approximate surface area is 94.5 Å². The van der Waals surface area contributed by atoms with Gasteiger partial charge in [-0.15, -0.1) is 11.3 Å². The minimum Gasteiger partial charge on any atom is -0.423 e. The van der Waals surface area contributed by atoms with Gasteiger partial charge in [0.1, 0.15) is 0 Å². The largest absolute Gasteiger partial charge is 0.499 e. The van der Waals surface area contributed by atoms with Gasteiger partial charge in [-0.3, -0.25) is 0 Å². The molecular weight excluding hydrogens is 263 g/mol. The molecule has 2 N–H and O–H groups in total. The molecule has 0 unspecified atom stereocenters. The van der Waals surface area contributed by atoms with E-state index in [9.17, 15) is 0 Å². The lowest BCUT2D eigenvalue weighted by Gasteiger charge is -1.97. The third-order valence-corrected chi connectivity index (χ3v) is 4.13. The lowest BCUT2D eigenvalue weighted by atomic mass is 9.86. The van der Waals surface area contributed by atoms with E-state index < -0.39 is 7.12 Å². The molecule has 0 amide bonds. The van der Waals surface area contributed by atoms with Gasteiger partial charge in [0.15, 0.2) is 0 Å². The Morgan fingerprint density at radius 3 is 2.64 bits per heavy atom. The van der Waals surface area contributed by atoms with Crippen LogP contribution in [0.25, 0.3) is 10.1 Å². The van der Waals surface area contributed by atoms with Gasteiger partial charge in [0.05, 0.1) is 0 Å². The molecule has 1 heterocycles. The topological polar surface area (TPSA) is 40.5 Å². The Kier molecular flexibility index (Phi) is 2.66. The normalized spacial score (nSPS) is 10.9. The summed E-state index contributed by atoms with van der Waals surface area (Å²) in [6.07, 6.45) is 0. The van der Waals surface area contributed by atoms with E-state index in [0.717, 1.165) is 20.1 Å². The summed E-state index contributed by atoms with van der Waals surface area (Å²) in [7, 11) is -1.38. The molecule has 0 aliphatic carbocycles. The number of hydrogen-bond acceptors (Lipinski definition) is 3. The highest BCUT2D eigenvalue weighted by Gasteiger charge is 2.19. The predicted octanol–water partition coefficient (Wildman–Crippen LogP) is 1.65. The van der Waals surface area contributed by atoms with Crippen molar-refractivity contribution in [3.05, 3.63) is 28.2 Å². The number of aryl methyl sites for hydroxylation is 1. The third kappa shape index (κ3) is 1.50. The van der Waals surface area contributed by atoms with Crippen molar-refractivity contribution in [2.24, 2.45) is 0 Å². The Balaban J connectivity index is 2.81. The summed E-state index contributed by atoms with van der Waals surface area (Å²) in [5.74, 6) is 0. The molecule has 2 aromatic rings. The third-order valence-electron chi connectivity index (χ3n) is 2.17. The first-order valence-electron chi connectivity index (χ1n) is 4.15. The average molecular weight is 271 g/mol. The van der Waals surface area contributed by atoms with E-state index in [4.69, 9.17) is 10.0 Å². The fourth-order valence-electron chi connectivity index (χ4n) is 1.52. The highest BCUT2D eigenvalue weighted by atomic mass is 79.9. The Morgan fingerprint density at radius 2 is 2.07 bits per heavy atom. The van der Waals surface area contributed by atoms with E-state index in [1.54, 1.807) is 0 Å². The molecule has 0 atom stereocenters. The van der Waals surface area contributed by atoms with Crippen LogP contribution in [-0.2, 0) is 0 Å². The van der Waals surface area contributed by atoms with Crippen molar-refractivity contribution in [3.63, 3.8) is 0 Å². The highest BCUT2D eigenvalue weighted by Crippen LogP contribution is 2.30. The molecule has 0 bridgehead atoms. The second-order valence-corrected chi connectivity index (χ2v) is 5.02. The molecule has 0 saturated carbocycles. The van der Waals surface area contributed by atoms with E-state index in [1.165, 1.54) is 11.3 Å². The molecule has 72 valence electrons. The maximum absolute atomic E-state index is 9.15. The van der Waals surface area contributed by atoms with E-state index >= 15 is 0 Å². The highest BCUT2D eigenvalue weighted by molar-refractivity contribution is 9.10. The van der Waals surface area contributed by atoms with Gasteiger partial charge in [-0.05, 0) is 24.6 Å². The van der Waals surface area contributed by atoms with Gasteiger partial charge in [0.25, 0.3) is 0 Å². The maximum Gasteiger partial charge on any atom is 0.499 e. The van der Waals surface area contributed by atoms with Crippen LogP contribution in [0.4, 0.5) is 0 Å². The predicted molar refractivity (Wildman–Crippen MR) is 64.1 cm³/mol. The minimum absolute atomic E-state index is 0.618. The molecule has 0 aliphatic rings. The van der Waals surface area contributed by atoms with E-state index in [0.29, 0.717) is 4.78 Å². The summed E-state index contributed by atoms with van der Waals surface area (Å²) >= 11 is 4.87. The molecule has 1 aromatic heterocycles. The first-order chi connectivity index (χ1) is 6.61. The number of benzene rings is 1.